The minimum Gasteiger partial charge on any atom is -0.399 e. The summed E-state index contributed by atoms with van der Waals surface area (Å²) in [6.07, 6.45) is 2.55. The summed E-state index contributed by atoms with van der Waals surface area (Å²) in [4.78, 5) is 1.32. The summed E-state index contributed by atoms with van der Waals surface area (Å²) in [7, 11) is 0. The summed E-state index contributed by atoms with van der Waals surface area (Å²) >= 11 is 1.90. The first-order valence-electron chi connectivity index (χ1n) is 4.31. The first kappa shape index (κ1) is 9.46. The van der Waals surface area contributed by atoms with Gasteiger partial charge in [0.15, 0.2) is 0 Å². The third-order valence-corrected chi connectivity index (χ3v) is 2.75. The molecule has 0 amide bonds. The summed E-state index contributed by atoms with van der Waals surface area (Å²) in [5.41, 5.74) is 6.41. The number of anilines is 1. The number of rotatable bonds is 4. The smallest absolute Gasteiger partial charge is 0.0314 e. The van der Waals surface area contributed by atoms with Gasteiger partial charge < -0.3 is 5.73 Å². The molecule has 0 spiro atoms. The molecule has 0 saturated carbocycles. The van der Waals surface area contributed by atoms with Gasteiger partial charge in [0.25, 0.3) is 0 Å². The Labute approximate surface area is 78.4 Å². The van der Waals surface area contributed by atoms with Gasteiger partial charge in [-0.2, -0.15) is 0 Å². The molecule has 0 heterocycles. The van der Waals surface area contributed by atoms with Crippen LogP contribution in [-0.4, -0.2) is 5.75 Å². The van der Waals surface area contributed by atoms with E-state index < -0.39 is 0 Å². The molecule has 0 saturated heterocycles. The molecule has 2 heteroatoms. The van der Waals surface area contributed by atoms with Crippen molar-refractivity contribution in [3.05, 3.63) is 24.3 Å². The van der Waals surface area contributed by atoms with Crippen molar-refractivity contribution in [2.24, 2.45) is 0 Å². The number of thioether (sulfide) groups is 1. The molecule has 0 atom stereocenters. The van der Waals surface area contributed by atoms with E-state index in [1.54, 1.807) is 0 Å². The predicted octanol–water partition coefficient (Wildman–Crippen LogP) is 3.16. The van der Waals surface area contributed by atoms with Crippen LogP contribution < -0.4 is 5.73 Å². The Morgan fingerprint density at radius 3 is 2.50 bits per heavy atom. The van der Waals surface area contributed by atoms with Crippen molar-refractivity contribution in [1.29, 1.82) is 0 Å². The van der Waals surface area contributed by atoms with Crippen LogP contribution in [-0.2, 0) is 0 Å². The Balaban J connectivity index is 2.37. The number of hydrogen-bond acceptors (Lipinski definition) is 2. The van der Waals surface area contributed by atoms with Crippen LogP contribution in [0.4, 0.5) is 5.69 Å². The van der Waals surface area contributed by atoms with Gasteiger partial charge in [0, 0.05) is 10.6 Å². The molecule has 66 valence electrons. The molecular weight excluding hydrogens is 166 g/mol. The minimum atomic E-state index is 0.842. The molecule has 0 fully saturated rings. The van der Waals surface area contributed by atoms with E-state index in [1.807, 2.05) is 23.9 Å². The van der Waals surface area contributed by atoms with E-state index in [-0.39, 0.29) is 0 Å². The van der Waals surface area contributed by atoms with Gasteiger partial charge in [-0.3, -0.25) is 0 Å². The van der Waals surface area contributed by atoms with Crippen molar-refractivity contribution in [3.63, 3.8) is 0 Å². The fraction of sp³-hybridized carbons (Fsp3) is 0.400. The van der Waals surface area contributed by atoms with Gasteiger partial charge >= 0.3 is 0 Å². The number of unbranched alkanes of at least 4 members (excludes halogenated alkanes) is 1. The molecule has 1 aromatic carbocycles. The van der Waals surface area contributed by atoms with Gasteiger partial charge in [-0.05, 0) is 36.4 Å². The second-order valence-electron chi connectivity index (χ2n) is 2.77. The lowest BCUT2D eigenvalue weighted by Gasteiger charge is -2.00. The van der Waals surface area contributed by atoms with Crippen LogP contribution in [0.1, 0.15) is 19.8 Å². The molecule has 0 aliphatic rings. The van der Waals surface area contributed by atoms with Gasteiger partial charge in [-0.15, -0.1) is 11.8 Å². The lowest BCUT2D eigenvalue weighted by Crippen LogP contribution is -1.83. The van der Waals surface area contributed by atoms with E-state index in [0.29, 0.717) is 0 Å². The molecular formula is C10H15NS. The number of benzene rings is 1. The van der Waals surface area contributed by atoms with Crippen LogP contribution in [0.2, 0.25) is 0 Å². The fourth-order valence-corrected chi connectivity index (χ4v) is 1.90. The van der Waals surface area contributed by atoms with Crippen molar-refractivity contribution < 1.29 is 0 Å². The number of nitrogen functional groups attached to an aromatic ring is 1. The van der Waals surface area contributed by atoms with Crippen LogP contribution >= 0.6 is 11.8 Å². The minimum absolute atomic E-state index is 0.842. The van der Waals surface area contributed by atoms with Gasteiger partial charge in [0.1, 0.15) is 0 Å². The highest BCUT2D eigenvalue weighted by atomic mass is 32.2. The monoisotopic (exact) mass is 181 g/mol. The highest BCUT2D eigenvalue weighted by Gasteiger charge is 1.92. The van der Waals surface area contributed by atoms with Crippen molar-refractivity contribution in [2.45, 2.75) is 24.7 Å². The predicted molar refractivity (Wildman–Crippen MR) is 56.5 cm³/mol. The maximum Gasteiger partial charge on any atom is 0.0314 e. The van der Waals surface area contributed by atoms with Crippen LogP contribution in [0, 0.1) is 0 Å². The first-order chi connectivity index (χ1) is 5.83. The van der Waals surface area contributed by atoms with Gasteiger partial charge in [-0.1, -0.05) is 13.3 Å². The molecule has 0 aliphatic carbocycles. The molecule has 1 rings (SSSR count). The second-order valence-corrected chi connectivity index (χ2v) is 3.94. The van der Waals surface area contributed by atoms with Crippen molar-refractivity contribution in [2.75, 3.05) is 11.5 Å². The third kappa shape index (κ3) is 3.18. The second kappa shape index (κ2) is 5.09. The largest absolute Gasteiger partial charge is 0.399 e. The lowest BCUT2D eigenvalue weighted by atomic mass is 10.3. The van der Waals surface area contributed by atoms with E-state index in [1.165, 1.54) is 23.5 Å². The topological polar surface area (TPSA) is 26.0 Å². The molecule has 0 bridgehead atoms. The average Bonchev–Trinajstić information content (AvgIpc) is 2.09. The Bertz CT molecular complexity index is 218. The van der Waals surface area contributed by atoms with Crippen LogP contribution in [0.3, 0.4) is 0 Å². The standard InChI is InChI=1S/C10H15NS/c1-2-3-8-12-10-6-4-9(11)5-7-10/h4-7H,2-3,8,11H2,1H3. The average molecular weight is 181 g/mol. The molecule has 12 heavy (non-hydrogen) atoms. The van der Waals surface area contributed by atoms with Crippen molar-refractivity contribution >= 4 is 17.4 Å². The van der Waals surface area contributed by atoms with Gasteiger partial charge in [0.05, 0.1) is 0 Å². The zero-order valence-electron chi connectivity index (χ0n) is 7.42. The third-order valence-electron chi connectivity index (χ3n) is 1.65. The zero-order valence-corrected chi connectivity index (χ0v) is 8.23. The van der Waals surface area contributed by atoms with E-state index in [4.69, 9.17) is 5.73 Å². The molecule has 0 radical (unpaired) electrons. The lowest BCUT2D eigenvalue weighted by molar-refractivity contribution is 0.896. The Morgan fingerprint density at radius 2 is 1.92 bits per heavy atom. The fourth-order valence-electron chi connectivity index (χ4n) is 0.898. The van der Waals surface area contributed by atoms with Crippen LogP contribution in [0.25, 0.3) is 0 Å². The normalized spacial score (nSPS) is 10.1. The van der Waals surface area contributed by atoms with E-state index in [9.17, 15) is 0 Å². The van der Waals surface area contributed by atoms with Gasteiger partial charge in [-0.25, -0.2) is 0 Å². The maximum absolute atomic E-state index is 5.57. The first-order valence-corrected chi connectivity index (χ1v) is 5.30. The summed E-state index contributed by atoms with van der Waals surface area (Å²) in [6, 6.07) is 8.06. The summed E-state index contributed by atoms with van der Waals surface area (Å²) in [5, 5.41) is 0. The number of hydrogen-bond donors (Lipinski definition) is 1. The highest BCUT2D eigenvalue weighted by molar-refractivity contribution is 7.99. The molecule has 2 N–H and O–H groups in total. The van der Waals surface area contributed by atoms with Crippen LogP contribution in [0.15, 0.2) is 29.2 Å². The molecule has 0 aliphatic heterocycles. The number of nitrogens with two attached hydrogens (primary N) is 1. The summed E-state index contributed by atoms with van der Waals surface area (Å²) < 4.78 is 0. The molecule has 1 nitrogen and oxygen atoms in total. The summed E-state index contributed by atoms with van der Waals surface area (Å²) in [5.74, 6) is 1.21. The van der Waals surface area contributed by atoms with E-state index in [2.05, 4.69) is 19.1 Å². The molecule has 0 unspecified atom stereocenters. The highest BCUT2D eigenvalue weighted by Crippen LogP contribution is 2.19. The van der Waals surface area contributed by atoms with Crippen molar-refractivity contribution in [3.8, 4) is 0 Å². The van der Waals surface area contributed by atoms with Crippen molar-refractivity contribution in [1.82, 2.24) is 0 Å². The SMILES string of the molecule is CCCCSc1ccc(N)cc1. The Hall–Kier alpha value is -0.630. The molecule has 1 aromatic rings. The van der Waals surface area contributed by atoms with E-state index >= 15 is 0 Å². The van der Waals surface area contributed by atoms with Crippen LogP contribution in [0.5, 0.6) is 0 Å². The molecule has 0 aromatic heterocycles. The van der Waals surface area contributed by atoms with Gasteiger partial charge in [0.2, 0.25) is 0 Å². The summed E-state index contributed by atoms with van der Waals surface area (Å²) in [6.45, 7) is 2.21. The maximum atomic E-state index is 5.57. The Morgan fingerprint density at radius 1 is 1.25 bits per heavy atom. The van der Waals surface area contributed by atoms with E-state index in [0.717, 1.165) is 5.69 Å². The zero-order chi connectivity index (χ0) is 8.81. The quantitative estimate of drug-likeness (QED) is 0.438. The Kier molecular flexibility index (Phi) is 4.01.